The van der Waals surface area contributed by atoms with Crippen molar-refractivity contribution in [2.75, 3.05) is 0 Å². The van der Waals surface area contributed by atoms with Crippen LogP contribution in [0.15, 0.2) is 0 Å². The van der Waals surface area contributed by atoms with Gasteiger partial charge in [-0.2, -0.15) is 0 Å². The van der Waals surface area contributed by atoms with E-state index in [0.717, 1.165) is 0 Å². The van der Waals surface area contributed by atoms with Gasteiger partial charge in [0.15, 0.2) is 0 Å². The van der Waals surface area contributed by atoms with Gasteiger partial charge in [0.25, 0.3) is 0 Å². The van der Waals surface area contributed by atoms with Crippen LogP contribution < -0.4 is 0 Å². The third kappa shape index (κ3) is 213. The molecule has 5 nitrogen and oxygen atoms in total. The Bertz CT molecular complexity index is 78.4. The molecule has 0 atom stereocenters. The number of rotatable bonds is 0. The first-order valence-corrected chi connectivity index (χ1v) is 1.12. The van der Waals surface area contributed by atoms with Crippen molar-refractivity contribution in [1.82, 2.24) is 0 Å². The van der Waals surface area contributed by atoms with Gasteiger partial charge in [0, 0.05) is 0 Å². The van der Waals surface area contributed by atoms with E-state index < -0.39 is 0 Å². The molecule has 0 aliphatic heterocycles. The molecule has 0 rings (SSSR count). The Morgan fingerprint density at radius 3 is 0.417 bits per heavy atom. The fourth-order valence-corrected chi connectivity index (χ4v) is 0. The van der Waals surface area contributed by atoms with E-state index in [-0.39, 0.29) is 34.4 Å². The molecule has 0 fully saturated rings. The van der Waals surface area contributed by atoms with Crippen molar-refractivity contribution in [3.8, 4) is 0 Å². The van der Waals surface area contributed by atoms with E-state index >= 15 is 0 Å². The average molecular weight is 238 g/mol. The minimum Gasteiger partial charge on any atom is -0.512 e. The van der Waals surface area contributed by atoms with Crippen LogP contribution in [-0.2, 0) is 34.4 Å². The molecule has 0 heterocycles. The maximum absolute atomic E-state index is 6.25. The smallest absolute Gasteiger partial charge is 0.512 e. The van der Waals surface area contributed by atoms with Crippen molar-refractivity contribution in [3.63, 3.8) is 0 Å². The summed E-state index contributed by atoms with van der Waals surface area (Å²) in [5.41, 5.74) is 0. The van der Waals surface area contributed by atoms with Crippen LogP contribution in [0.25, 0.3) is 0 Å². The van der Waals surface area contributed by atoms with E-state index in [1.807, 2.05) is 0 Å². The Morgan fingerprint density at radius 1 is 0.417 bits per heavy atom. The summed E-state index contributed by atoms with van der Waals surface area (Å²) >= 11 is 0. The molecule has 0 aromatic rings. The maximum Gasteiger partial charge on any atom is 3.00 e. The van der Waals surface area contributed by atoms with Gasteiger partial charge in [-0.1, -0.05) is 0 Å². The molecular weight excluding hydrogens is 238 g/mol. The second kappa shape index (κ2) is 306. The second-order valence-corrected chi connectivity index (χ2v) is 0. The van der Waals surface area contributed by atoms with Gasteiger partial charge in [0.2, 0.25) is 0 Å². The maximum atomic E-state index is 6.25. The summed E-state index contributed by atoms with van der Waals surface area (Å²) in [6.07, 6.45) is 0. The summed E-state index contributed by atoms with van der Waals surface area (Å²) in [4.78, 5) is 0. The quantitative estimate of drug-likeness (QED) is 0.448. The zero-order chi connectivity index (χ0) is 10.0. The van der Waals surface area contributed by atoms with Gasteiger partial charge in [-0.05, 0) is 0 Å². The molecule has 0 saturated heterocycles. The van der Waals surface area contributed by atoms with Crippen LogP contribution in [0.3, 0.4) is 0 Å². The van der Waals surface area contributed by atoms with Crippen molar-refractivity contribution in [3.05, 3.63) is 32.9 Å². The summed E-state index contributed by atoms with van der Waals surface area (Å²) < 4.78 is 0. The molecule has 0 spiro atoms. The van der Waals surface area contributed by atoms with Crippen LogP contribution in [0, 0.1) is 59.2 Å². The molecule has 0 aliphatic carbocycles. The Balaban J connectivity index is -0.00000000500. The Kier molecular flexibility index (Phi) is 1970. The van der Waals surface area contributed by atoms with Crippen LogP contribution in [0.1, 0.15) is 0 Å². The van der Waals surface area contributed by atoms with Gasteiger partial charge in [-0.25, -0.2) is 0 Å². The van der Waals surface area contributed by atoms with Crippen molar-refractivity contribution in [2.45, 2.75) is 0 Å². The third-order valence-corrected chi connectivity index (χ3v) is 0. The molecule has 1 radical (unpaired) electrons. The van der Waals surface area contributed by atoms with Crippen molar-refractivity contribution in [2.24, 2.45) is 0 Å². The van der Waals surface area contributed by atoms with Gasteiger partial charge in [0.1, 0.15) is 0 Å². The minimum atomic E-state index is 0. The Hall–Kier alpha value is -1.50. The van der Waals surface area contributed by atoms with E-state index in [0.29, 0.717) is 0 Å². The van der Waals surface area contributed by atoms with Gasteiger partial charge in [0.05, 0.1) is 0 Å². The Labute approximate surface area is 93.7 Å². The summed E-state index contributed by atoms with van der Waals surface area (Å²) in [6.45, 7) is 23.8. The third-order valence-electron chi connectivity index (χ3n) is 0. The minimum absolute atomic E-state index is 0. The predicted molar refractivity (Wildman–Crippen MR) is 24.8 cm³/mol. The molecule has 0 unspecified atom stereocenters. The predicted octanol–water partition coefficient (Wildman–Crippen LogP) is 0.477. The summed E-state index contributed by atoms with van der Waals surface area (Å²) in [6, 6.07) is 0. The van der Waals surface area contributed by atoms with Crippen molar-refractivity contribution >= 4 is 0 Å². The largest absolute Gasteiger partial charge is 3.00 e. The van der Waals surface area contributed by atoms with Gasteiger partial charge in [-0.15, -0.1) is 0 Å². The fourth-order valence-electron chi connectivity index (χ4n) is 0. The van der Waals surface area contributed by atoms with Gasteiger partial charge < -0.3 is 59.2 Å². The molecule has 0 aromatic heterocycles. The molecule has 0 saturated carbocycles. The summed E-state index contributed by atoms with van der Waals surface area (Å²) in [5, 5.41) is 31.2. The van der Waals surface area contributed by atoms with E-state index in [1.54, 1.807) is 0 Å². The van der Waals surface area contributed by atoms with Crippen molar-refractivity contribution < 1.29 is 34.4 Å². The molecular formula is C5CrFeN5. The summed E-state index contributed by atoms with van der Waals surface area (Å²) in [7, 11) is 0. The average Bonchev–Trinajstić information content (AvgIpc) is 2.20. The number of hydrogen-bond acceptors (Lipinski definition) is 5. The molecule has 0 aromatic carbocycles. The summed E-state index contributed by atoms with van der Waals surface area (Å²) in [5.74, 6) is 0. The first-order chi connectivity index (χ1) is 5.00. The van der Waals surface area contributed by atoms with E-state index in [9.17, 15) is 0 Å². The SMILES string of the molecule is [C-]#N.[C-]#N.[C-]#N.[C-]#N.[C-]#N.[Cr+3].[Fe+2]. The van der Waals surface area contributed by atoms with Gasteiger partial charge in [-0.3, -0.25) is 0 Å². The molecule has 0 aliphatic rings. The van der Waals surface area contributed by atoms with E-state index in [1.165, 1.54) is 0 Å². The monoisotopic (exact) mass is 238 g/mol. The Morgan fingerprint density at radius 2 is 0.417 bits per heavy atom. The van der Waals surface area contributed by atoms with Crippen LogP contribution in [0.4, 0.5) is 0 Å². The molecule has 0 N–H and O–H groups in total. The molecule has 12 heavy (non-hydrogen) atoms. The standard InChI is InChI=1S/5CN.Cr.Fe/c5*1-2;;/q5*-1;+3;+2. The second-order valence-electron chi connectivity index (χ2n) is 0. The molecule has 0 bridgehead atoms. The van der Waals surface area contributed by atoms with Gasteiger partial charge >= 0.3 is 34.4 Å². The zero-order valence-electron chi connectivity index (χ0n) is 5.50. The van der Waals surface area contributed by atoms with E-state index in [4.69, 9.17) is 59.2 Å². The number of hydrogen-bond donors (Lipinski definition) is 0. The number of nitrogens with zero attached hydrogens (tertiary/aromatic N) is 5. The van der Waals surface area contributed by atoms with Crippen molar-refractivity contribution in [1.29, 1.82) is 26.3 Å². The first-order valence-electron chi connectivity index (χ1n) is 1.12. The normalized spacial score (nSPS) is 0.833. The first kappa shape index (κ1) is 77.3. The van der Waals surface area contributed by atoms with Crippen LogP contribution >= 0.6 is 0 Å². The topological polar surface area (TPSA) is 119 Å². The molecule has 59 valence electrons. The molecule has 7 heteroatoms. The van der Waals surface area contributed by atoms with E-state index in [2.05, 4.69) is 0 Å². The zero-order valence-corrected chi connectivity index (χ0v) is 7.88. The fraction of sp³-hybridized carbons (Fsp3) is 0. The van der Waals surface area contributed by atoms with Crippen LogP contribution in [0.5, 0.6) is 0 Å². The van der Waals surface area contributed by atoms with Crippen LogP contribution in [-0.4, -0.2) is 0 Å². The van der Waals surface area contributed by atoms with Crippen LogP contribution in [0.2, 0.25) is 0 Å². The molecule has 0 amide bonds.